The van der Waals surface area contributed by atoms with Gasteiger partial charge in [-0.2, -0.15) is 0 Å². The van der Waals surface area contributed by atoms with E-state index in [1.165, 1.54) is 0 Å². The van der Waals surface area contributed by atoms with Crippen molar-refractivity contribution >= 4 is 46.4 Å². The minimum Gasteiger partial charge on any atom is -0.323 e. The third-order valence-electron chi connectivity index (χ3n) is 3.11. The van der Waals surface area contributed by atoms with Crippen LogP contribution in [-0.4, -0.2) is 19.0 Å². The fourth-order valence-electron chi connectivity index (χ4n) is 2.04. The number of benzene rings is 1. The van der Waals surface area contributed by atoms with E-state index in [1.807, 2.05) is 6.92 Å². The molecular weight excluding hydrogens is 295 g/mol. The highest BCUT2D eigenvalue weighted by molar-refractivity contribution is 6.42. The SMILES string of the molecule is C[C@@H]1CNC[C@H]1C(=O)Nc1c(Cl)cc(Cl)cc1Cl. The molecule has 1 aromatic rings. The summed E-state index contributed by atoms with van der Waals surface area (Å²) in [6, 6.07) is 3.11. The Hall–Kier alpha value is -0.480. The van der Waals surface area contributed by atoms with Crippen LogP contribution in [0.25, 0.3) is 0 Å². The Labute approximate surface area is 121 Å². The van der Waals surface area contributed by atoms with Gasteiger partial charge < -0.3 is 10.6 Å². The first kappa shape index (κ1) is 13.9. The highest BCUT2D eigenvalue weighted by Gasteiger charge is 2.30. The van der Waals surface area contributed by atoms with E-state index in [9.17, 15) is 4.79 Å². The van der Waals surface area contributed by atoms with Crippen molar-refractivity contribution in [3.05, 3.63) is 27.2 Å². The highest BCUT2D eigenvalue weighted by atomic mass is 35.5. The number of hydrogen-bond acceptors (Lipinski definition) is 2. The predicted octanol–water partition coefficient (Wildman–Crippen LogP) is 3.44. The third kappa shape index (κ3) is 2.91. The second-order valence-electron chi connectivity index (χ2n) is 4.48. The number of anilines is 1. The summed E-state index contributed by atoms with van der Waals surface area (Å²) in [5, 5.41) is 7.09. The molecule has 1 aliphatic heterocycles. The van der Waals surface area contributed by atoms with Gasteiger partial charge >= 0.3 is 0 Å². The summed E-state index contributed by atoms with van der Waals surface area (Å²) >= 11 is 17.9. The Bertz CT molecular complexity index is 455. The molecule has 0 unspecified atom stereocenters. The molecule has 0 aliphatic carbocycles. The molecule has 6 heteroatoms. The summed E-state index contributed by atoms with van der Waals surface area (Å²) in [6.07, 6.45) is 0. The quantitative estimate of drug-likeness (QED) is 0.879. The van der Waals surface area contributed by atoms with Crippen molar-refractivity contribution < 1.29 is 4.79 Å². The molecule has 2 N–H and O–H groups in total. The van der Waals surface area contributed by atoms with Crippen LogP contribution in [0.2, 0.25) is 15.1 Å². The number of halogens is 3. The van der Waals surface area contributed by atoms with Crippen LogP contribution in [0.1, 0.15) is 6.92 Å². The van der Waals surface area contributed by atoms with Crippen LogP contribution in [0, 0.1) is 11.8 Å². The maximum Gasteiger partial charge on any atom is 0.229 e. The van der Waals surface area contributed by atoms with Crippen molar-refractivity contribution in [2.45, 2.75) is 6.92 Å². The molecule has 1 fully saturated rings. The lowest BCUT2D eigenvalue weighted by atomic mass is 9.97. The fourth-order valence-corrected chi connectivity index (χ4v) is 2.95. The zero-order chi connectivity index (χ0) is 13.3. The molecule has 0 aromatic heterocycles. The fraction of sp³-hybridized carbons (Fsp3) is 0.417. The minimum absolute atomic E-state index is 0.0622. The molecule has 0 spiro atoms. The minimum atomic E-state index is -0.0707. The summed E-state index contributed by atoms with van der Waals surface area (Å²) in [5.41, 5.74) is 0.423. The molecule has 1 amide bonds. The van der Waals surface area contributed by atoms with Gasteiger partial charge in [-0.1, -0.05) is 41.7 Å². The van der Waals surface area contributed by atoms with Gasteiger partial charge in [0.25, 0.3) is 0 Å². The molecule has 3 nitrogen and oxygen atoms in total. The Kier molecular flexibility index (Phi) is 4.38. The second kappa shape index (κ2) is 5.66. The molecule has 0 saturated carbocycles. The zero-order valence-corrected chi connectivity index (χ0v) is 12.0. The molecular formula is C12H13Cl3N2O. The van der Waals surface area contributed by atoms with Crippen LogP contribution in [0.3, 0.4) is 0 Å². The van der Waals surface area contributed by atoms with Crippen molar-refractivity contribution in [3.8, 4) is 0 Å². The first-order chi connectivity index (χ1) is 8.49. The molecule has 18 heavy (non-hydrogen) atoms. The van der Waals surface area contributed by atoms with Crippen LogP contribution in [0.4, 0.5) is 5.69 Å². The summed E-state index contributed by atoms with van der Waals surface area (Å²) in [5.74, 6) is 0.168. The normalized spacial score (nSPS) is 23.1. The lowest BCUT2D eigenvalue weighted by molar-refractivity contribution is -0.120. The molecule has 98 valence electrons. The third-order valence-corrected chi connectivity index (χ3v) is 3.92. The number of hydrogen-bond donors (Lipinski definition) is 2. The van der Waals surface area contributed by atoms with E-state index in [4.69, 9.17) is 34.8 Å². The van der Waals surface area contributed by atoms with E-state index in [-0.39, 0.29) is 11.8 Å². The average Bonchev–Trinajstić information content (AvgIpc) is 2.69. The molecule has 2 atom stereocenters. The Morgan fingerprint density at radius 2 is 1.89 bits per heavy atom. The Morgan fingerprint density at radius 1 is 1.28 bits per heavy atom. The summed E-state index contributed by atoms with van der Waals surface area (Å²) < 4.78 is 0. The molecule has 1 aliphatic rings. The van der Waals surface area contributed by atoms with Crippen LogP contribution < -0.4 is 10.6 Å². The van der Waals surface area contributed by atoms with E-state index < -0.39 is 0 Å². The van der Waals surface area contributed by atoms with Crippen LogP contribution >= 0.6 is 34.8 Å². The van der Waals surface area contributed by atoms with Crippen LogP contribution in [0.15, 0.2) is 12.1 Å². The first-order valence-corrected chi connectivity index (χ1v) is 6.78. The van der Waals surface area contributed by atoms with Crippen molar-refractivity contribution in [3.63, 3.8) is 0 Å². The van der Waals surface area contributed by atoms with Gasteiger partial charge in [0, 0.05) is 11.6 Å². The van der Waals surface area contributed by atoms with Gasteiger partial charge in [-0.3, -0.25) is 4.79 Å². The average molecular weight is 308 g/mol. The lowest BCUT2D eigenvalue weighted by Gasteiger charge is -2.16. The van der Waals surface area contributed by atoms with E-state index in [0.717, 1.165) is 6.54 Å². The molecule has 2 rings (SSSR count). The van der Waals surface area contributed by atoms with Gasteiger partial charge in [0.15, 0.2) is 0 Å². The molecule has 0 radical (unpaired) electrons. The number of carbonyl (C=O) groups excluding carboxylic acids is 1. The van der Waals surface area contributed by atoms with Gasteiger partial charge in [-0.15, -0.1) is 0 Å². The largest absolute Gasteiger partial charge is 0.323 e. The molecule has 0 bridgehead atoms. The Morgan fingerprint density at radius 3 is 2.39 bits per heavy atom. The zero-order valence-electron chi connectivity index (χ0n) is 9.77. The van der Waals surface area contributed by atoms with E-state index >= 15 is 0 Å². The van der Waals surface area contributed by atoms with Crippen molar-refractivity contribution in [2.75, 3.05) is 18.4 Å². The van der Waals surface area contributed by atoms with Crippen LogP contribution in [0.5, 0.6) is 0 Å². The van der Waals surface area contributed by atoms with Crippen molar-refractivity contribution in [2.24, 2.45) is 11.8 Å². The molecule has 1 saturated heterocycles. The second-order valence-corrected chi connectivity index (χ2v) is 5.73. The smallest absolute Gasteiger partial charge is 0.229 e. The molecule has 1 heterocycles. The number of rotatable bonds is 2. The number of nitrogens with one attached hydrogen (secondary N) is 2. The highest BCUT2D eigenvalue weighted by Crippen LogP contribution is 2.34. The summed E-state index contributed by atoms with van der Waals surface area (Å²) in [6.45, 7) is 3.56. The number of amides is 1. The van der Waals surface area contributed by atoms with Crippen LogP contribution in [-0.2, 0) is 4.79 Å². The molecule has 1 aromatic carbocycles. The van der Waals surface area contributed by atoms with E-state index in [0.29, 0.717) is 33.2 Å². The lowest BCUT2D eigenvalue weighted by Crippen LogP contribution is -2.28. The Balaban J connectivity index is 2.17. The number of carbonyl (C=O) groups is 1. The van der Waals surface area contributed by atoms with E-state index in [2.05, 4.69) is 10.6 Å². The summed E-state index contributed by atoms with van der Waals surface area (Å²) in [7, 11) is 0. The van der Waals surface area contributed by atoms with E-state index in [1.54, 1.807) is 12.1 Å². The summed E-state index contributed by atoms with van der Waals surface area (Å²) in [4.78, 5) is 12.1. The van der Waals surface area contributed by atoms with Gasteiger partial charge in [-0.05, 0) is 24.6 Å². The first-order valence-electron chi connectivity index (χ1n) is 5.65. The van der Waals surface area contributed by atoms with Gasteiger partial charge in [0.05, 0.1) is 21.7 Å². The topological polar surface area (TPSA) is 41.1 Å². The maximum atomic E-state index is 12.1. The monoisotopic (exact) mass is 306 g/mol. The standard InChI is InChI=1S/C12H13Cl3N2O/c1-6-4-16-5-8(6)12(18)17-11-9(14)2-7(13)3-10(11)15/h2-3,6,8,16H,4-5H2,1H3,(H,17,18)/t6-,8-/m1/s1. The predicted molar refractivity (Wildman–Crippen MR) is 75.6 cm³/mol. The maximum absolute atomic E-state index is 12.1. The van der Waals surface area contributed by atoms with Gasteiger partial charge in [-0.25, -0.2) is 0 Å². The van der Waals surface area contributed by atoms with Crippen molar-refractivity contribution in [1.82, 2.24) is 5.32 Å². The van der Waals surface area contributed by atoms with Crippen molar-refractivity contribution in [1.29, 1.82) is 0 Å². The van der Waals surface area contributed by atoms with Gasteiger partial charge in [0.1, 0.15) is 0 Å². The van der Waals surface area contributed by atoms with Gasteiger partial charge in [0.2, 0.25) is 5.91 Å².